The van der Waals surface area contributed by atoms with E-state index >= 15 is 0 Å². The Morgan fingerprint density at radius 2 is 2.14 bits per heavy atom. The molecular formula is C13H23N. The molecule has 0 heterocycles. The van der Waals surface area contributed by atoms with Crippen LogP contribution in [0.25, 0.3) is 0 Å². The van der Waals surface area contributed by atoms with Crippen LogP contribution < -0.4 is 5.32 Å². The fourth-order valence-electron chi connectivity index (χ4n) is 2.91. The highest BCUT2D eigenvalue weighted by Crippen LogP contribution is 2.42. The van der Waals surface area contributed by atoms with Crippen LogP contribution in [0.1, 0.15) is 39.5 Å². The molecular weight excluding hydrogens is 170 g/mol. The Morgan fingerprint density at radius 3 is 2.57 bits per heavy atom. The second-order valence-corrected chi connectivity index (χ2v) is 4.66. The maximum absolute atomic E-state index is 3.93. The second kappa shape index (κ2) is 4.68. The molecule has 14 heavy (non-hydrogen) atoms. The summed E-state index contributed by atoms with van der Waals surface area (Å²) in [4.78, 5) is 0. The third kappa shape index (κ3) is 2.20. The summed E-state index contributed by atoms with van der Waals surface area (Å²) in [5.74, 6) is 1.43. The molecule has 0 aromatic heterocycles. The first-order valence-corrected chi connectivity index (χ1v) is 5.68. The molecule has 1 N–H and O–H groups in total. The van der Waals surface area contributed by atoms with Gasteiger partial charge in [-0.3, -0.25) is 0 Å². The molecule has 1 aliphatic rings. The van der Waals surface area contributed by atoms with Crippen molar-refractivity contribution in [2.75, 3.05) is 0 Å². The molecule has 1 heteroatoms. The van der Waals surface area contributed by atoms with Gasteiger partial charge in [0.2, 0.25) is 0 Å². The van der Waals surface area contributed by atoms with Crippen LogP contribution in [0.4, 0.5) is 0 Å². The Hall–Kier alpha value is -0.720. The summed E-state index contributed by atoms with van der Waals surface area (Å²) >= 11 is 0. The Morgan fingerprint density at radius 1 is 1.43 bits per heavy atom. The zero-order valence-electron chi connectivity index (χ0n) is 9.55. The molecule has 1 nitrogen and oxygen atoms in total. The minimum atomic E-state index is 0.300. The van der Waals surface area contributed by atoms with Gasteiger partial charge in [-0.05, 0) is 37.3 Å². The third-order valence-corrected chi connectivity index (χ3v) is 3.51. The average Bonchev–Trinajstić information content (AvgIpc) is 2.44. The topological polar surface area (TPSA) is 12.0 Å². The Kier molecular flexibility index (Phi) is 3.79. The maximum Gasteiger partial charge on any atom is 0.0376 e. The van der Waals surface area contributed by atoms with Crippen LogP contribution in [0.15, 0.2) is 25.4 Å². The highest BCUT2D eigenvalue weighted by Gasteiger charge is 2.40. The van der Waals surface area contributed by atoms with Crippen molar-refractivity contribution in [2.24, 2.45) is 11.8 Å². The monoisotopic (exact) mass is 193 g/mol. The molecule has 3 atom stereocenters. The largest absolute Gasteiger partial charge is 0.386 e. The van der Waals surface area contributed by atoms with Crippen molar-refractivity contribution in [2.45, 2.75) is 45.1 Å². The third-order valence-electron chi connectivity index (χ3n) is 3.51. The molecule has 1 fully saturated rings. The van der Waals surface area contributed by atoms with Gasteiger partial charge in [0.15, 0.2) is 0 Å². The van der Waals surface area contributed by atoms with Crippen LogP contribution in [0, 0.1) is 11.8 Å². The van der Waals surface area contributed by atoms with Gasteiger partial charge in [-0.15, -0.1) is 6.58 Å². The number of hydrogen-bond acceptors (Lipinski definition) is 1. The van der Waals surface area contributed by atoms with Gasteiger partial charge in [0, 0.05) is 5.54 Å². The van der Waals surface area contributed by atoms with Gasteiger partial charge >= 0.3 is 0 Å². The summed E-state index contributed by atoms with van der Waals surface area (Å²) in [5.41, 5.74) is 0.300. The molecule has 80 valence electrons. The van der Waals surface area contributed by atoms with Gasteiger partial charge in [0.25, 0.3) is 0 Å². The highest BCUT2D eigenvalue weighted by molar-refractivity contribution is 5.05. The molecule has 0 radical (unpaired) electrons. The van der Waals surface area contributed by atoms with E-state index in [1.54, 1.807) is 0 Å². The van der Waals surface area contributed by atoms with Crippen LogP contribution in [0.3, 0.4) is 0 Å². The van der Waals surface area contributed by atoms with E-state index in [1.165, 1.54) is 25.7 Å². The zero-order chi connectivity index (χ0) is 10.6. The Labute approximate surface area is 88.3 Å². The predicted molar refractivity (Wildman–Crippen MR) is 63.1 cm³/mol. The van der Waals surface area contributed by atoms with E-state index in [0.29, 0.717) is 11.5 Å². The quantitative estimate of drug-likeness (QED) is 0.659. The predicted octanol–water partition coefficient (Wildman–Crippen LogP) is 3.49. The van der Waals surface area contributed by atoms with Crippen LogP contribution in [-0.2, 0) is 0 Å². The molecule has 0 amide bonds. The lowest BCUT2D eigenvalue weighted by molar-refractivity contribution is 0.332. The molecule has 0 aliphatic heterocycles. The van der Waals surface area contributed by atoms with Crippen molar-refractivity contribution in [3.05, 3.63) is 25.4 Å². The van der Waals surface area contributed by atoms with Crippen molar-refractivity contribution in [3.63, 3.8) is 0 Å². The lowest BCUT2D eigenvalue weighted by Crippen LogP contribution is -2.39. The van der Waals surface area contributed by atoms with Gasteiger partial charge in [-0.2, -0.15) is 0 Å². The van der Waals surface area contributed by atoms with E-state index in [4.69, 9.17) is 0 Å². The zero-order valence-corrected chi connectivity index (χ0v) is 9.55. The molecule has 0 bridgehead atoms. The number of hydrogen-bond donors (Lipinski definition) is 1. The summed E-state index contributed by atoms with van der Waals surface area (Å²) in [6.45, 7) is 12.3. The fourth-order valence-corrected chi connectivity index (χ4v) is 2.91. The van der Waals surface area contributed by atoms with Crippen LogP contribution >= 0.6 is 0 Å². The first kappa shape index (κ1) is 11.4. The molecule has 0 saturated heterocycles. The summed E-state index contributed by atoms with van der Waals surface area (Å²) in [5, 5.41) is 3.47. The number of nitrogens with one attached hydrogen (secondary N) is 1. The minimum absolute atomic E-state index is 0.300. The maximum atomic E-state index is 3.93. The summed E-state index contributed by atoms with van der Waals surface area (Å²) in [6, 6.07) is 0. The first-order valence-electron chi connectivity index (χ1n) is 5.68. The Balaban J connectivity index is 2.70. The van der Waals surface area contributed by atoms with E-state index in [9.17, 15) is 0 Å². The van der Waals surface area contributed by atoms with Crippen molar-refractivity contribution in [1.82, 2.24) is 5.32 Å². The van der Waals surface area contributed by atoms with Gasteiger partial charge in [-0.25, -0.2) is 0 Å². The van der Waals surface area contributed by atoms with E-state index in [-0.39, 0.29) is 0 Å². The van der Waals surface area contributed by atoms with Crippen molar-refractivity contribution in [1.29, 1.82) is 0 Å². The minimum Gasteiger partial charge on any atom is -0.386 e. The van der Waals surface area contributed by atoms with E-state index in [1.807, 2.05) is 6.20 Å². The second-order valence-electron chi connectivity index (χ2n) is 4.66. The lowest BCUT2D eigenvalue weighted by Gasteiger charge is -2.29. The summed E-state index contributed by atoms with van der Waals surface area (Å²) < 4.78 is 0. The van der Waals surface area contributed by atoms with Gasteiger partial charge < -0.3 is 5.32 Å². The van der Waals surface area contributed by atoms with Gasteiger partial charge in [0.05, 0.1) is 0 Å². The molecule has 0 spiro atoms. The van der Waals surface area contributed by atoms with Gasteiger partial charge in [0.1, 0.15) is 0 Å². The SMILES string of the molecule is C=CNC1(CCC)CC(C)C(C=C)C1. The average molecular weight is 193 g/mol. The molecule has 1 rings (SSSR count). The van der Waals surface area contributed by atoms with E-state index in [0.717, 1.165) is 5.92 Å². The fraction of sp³-hybridized carbons (Fsp3) is 0.692. The summed E-state index contributed by atoms with van der Waals surface area (Å²) in [7, 11) is 0. The van der Waals surface area contributed by atoms with Gasteiger partial charge in [-0.1, -0.05) is 32.9 Å². The molecule has 3 unspecified atom stereocenters. The van der Waals surface area contributed by atoms with Crippen molar-refractivity contribution < 1.29 is 0 Å². The van der Waals surface area contributed by atoms with Crippen molar-refractivity contribution in [3.8, 4) is 0 Å². The van der Waals surface area contributed by atoms with Crippen LogP contribution in [0.2, 0.25) is 0 Å². The number of rotatable bonds is 5. The first-order chi connectivity index (χ1) is 6.67. The standard InChI is InChI=1S/C13H23N/c1-5-8-13(14-7-3)9-11(4)12(6-2)10-13/h6-7,11-12,14H,2-3,5,8-10H2,1,4H3. The summed E-state index contributed by atoms with van der Waals surface area (Å²) in [6.07, 6.45) is 8.92. The molecule has 0 aromatic rings. The molecule has 1 saturated carbocycles. The number of allylic oxidation sites excluding steroid dienone is 1. The van der Waals surface area contributed by atoms with E-state index < -0.39 is 0 Å². The van der Waals surface area contributed by atoms with Crippen molar-refractivity contribution >= 4 is 0 Å². The van der Waals surface area contributed by atoms with Crippen LogP contribution in [-0.4, -0.2) is 5.54 Å². The lowest BCUT2D eigenvalue weighted by atomic mass is 9.90. The Bertz CT molecular complexity index is 209. The molecule has 1 aliphatic carbocycles. The van der Waals surface area contributed by atoms with Crippen LogP contribution in [0.5, 0.6) is 0 Å². The molecule has 0 aromatic carbocycles. The highest BCUT2D eigenvalue weighted by atomic mass is 15.0. The smallest absolute Gasteiger partial charge is 0.0376 e. The normalized spacial score (nSPS) is 36.7. The van der Waals surface area contributed by atoms with E-state index in [2.05, 4.69) is 38.4 Å².